The van der Waals surface area contributed by atoms with Crippen LogP contribution < -0.4 is 5.43 Å². The van der Waals surface area contributed by atoms with E-state index in [0.717, 1.165) is 26.3 Å². The summed E-state index contributed by atoms with van der Waals surface area (Å²) in [7, 11) is 0. The van der Waals surface area contributed by atoms with Gasteiger partial charge in [-0.3, -0.25) is 5.43 Å². The molecule has 0 spiro atoms. The maximum absolute atomic E-state index is 4.60. The van der Waals surface area contributed by atoms with E-state index in [1.54, 1.807) is 11.3 Å². The first-order valence-corrected chi connectivity index (χ1v) is 8.19. The number of nitrogens with one attached hydrogen (secondary N) is 1. The predicted octanol–water partition coefficient (Wildman–Crippen LogP) is 5.38. The number of hydrazone groups is 1. The fourth-order valence-electron chi connectivity index (χ4n) is 1.92. The Hall–Kier alpha value is -1.91. The van der Waals surface area contributed by atoms with Crippen LogP contribution in [0.3, 0.4) is 0 Å². The zero-order valence-corrected chi connectivity index (χ0v) is 13.6. The molecule has 0 bridgehead atoms. The lowest BCUT2D eigenvalue weighted by molar-refractivity contribution is 1.33. The summed E-state index contributed by atoms with van der Waals surface area (Å²) in [6.07, 6.45) is 0. The molecule has 4 heteroatoms. The Morgan fingerprint density at radius 2 is 1.67 bits per heavy atom. The number of hydrogen-bond acceptors (Lipinski definition) is 3. The van der Waals surface area contributed by atoms with Crippen LogP contribution in [0.5, 0.6) is 0 Å². The molecule has 3 rings (SSSR count). The van der Waals surface area contributed by atoms with Crippen LogP contribution in [0.15, 0.2) is 81.7 Å². The molecule has 0 amide bonds. The molecule has 1 aromatic heterocycles. The number of anilines is 1. The van der Waals surface area contributed by atoms with Gasteiger partial charge in [0.05, 0.1) is 10.6 Å². The van der Waals surface area contributed by atoms with E-state index in [4.69, 9.17) is 0 Å². The van der Waals surface area contributed by atoms with E-state index in [0.29, 0.717) is 0 Å². The summed E-state index contributed by atoms with van der Waals surface area (Å²) in [5.41, 5.74) is 6.15. The van der Waals surface area contributed by atoms with Gasteiger partial charge in [0, 0.05) is 10.0 Å². The Bertz CT molecular complexity index is 719. The minimum Gasteiger partial charge on any atom is -0.278 e. The molecule has 1 N–H and O–H groups in total. The van der Waals surface area contributed by atoms with Crippen molar-refractivity contribution in [3.63, 3.8) is 0 Å². The fourth-order valence-corrected chi connectivity index (χ4v) is 2.92. The lowest BCUT2D eigenvalue weighted by atomic mass is 10.1. The molecule has 0 aliphatic heterocycles. The molecule has 0 saturated heterocycles. The quantitative estimate of drug-likeness (QED) is 0.492. The van der Waals surface area contributed by atoms with E-state index in [-0.39, 0.29) is 0 Å². The number of halogens is 1. The highest BCUT2D eigenvalue weighted by atomic mass is 79.9. The summed E-state index contributed by atoms with van der Waals surface area (Å²) >= 11 is 5.12. The molecule has 21 heavy (non-hydrogen) atoms. The summed E-state index contributed by atoms with van der Waals surface area (Å²) in [5, 5.41) is 6.66. The number of nitrogens with zero attached hydrogens (tertiary/aromatic N) is 1. The zero-order chi connectivity index (χ0) is 14.5. The summed E-state index contributed by atoms with van der Waals surface area (Å²) < 4.78 is 1.05. The van der Waals surface area contributed by atoms with Crippen LogP contribution in [0, 0.1) is 0 Å². The number of hydrogen-bond donors (Lipinski definition) is 1. The van der Waals surface area contributed by atoms with E-state index in [1.807, 2.05) is 48.5 Å². The van der Waals surface area contributed by atoms with Crippen molar-refractivity contribution in [2.45, 2.75) is 0 Å². The van der Waals surface area contributed by atoms with Gasteiger partial charge in [0.25, 0.3) is 0 Å². The SMILES string of the molecule is Brc1ccc(N/N=C(\c2ccccc2)c2cccs2)cc1. The van der Waals surface area contributed by atoms with Crippen molar-refractivity contribution in [1.29, 1.82) is 0 Å². The average molecular weight is 357 g/mol. The van der Waals surface area contributed by atoms with Crippen LogP contribution in [-0.4, -0.2) is 5.71 Å². The van der Waals surface area contributed by atoms with Crippen molar-refractivity contribution < 1.29 is 0 Å². The predicted molar refractivity (Wildman–Crippen MR) is 94.2 cm³/mol. The Kier molecular flexibility index (Phi) is 4.48. The van der Waals surface area contributed by atoms with Crippen LogP contribution in [0.25, 0.3) is 0 Å². The Labute approximate surface area is 136 Å². The molecule has 104 valence electrons. The highest BCUT2D eigenvalue weighted by molar-refractivity contribution is 9.10. The van der Waals surface area contributed by atoms with Crippen molar-refractivity contribution in [1.82, 2.24) is 0 Å². The second-order valence-electron chi connectivity index (χ2n) is 4.42. The molecular formula is C17H13BrN2S. The second-order valence-corrected chi connectivity index (χ2v) is 6.29. The molecule has 1 heterocycles. The van der Waals surface area contributed by atoms with Crippen molar-refractivity contribution >= 4 is 38.7 Å². The Morgan fingerprint density at radius 1 is 0.905 bits per heavy atom. The van der Waals surface area contributed by atoms with Crippen LogP contribution in [0.2, 0.25) is 0 Å². The monoisotopic (exact) mass is 356 g/mol. The molecule has 0 atom stereocenters. The van der Waals surface area contributed by atoms with Crippen molar-refractivity contribution in [2.75, 3.05) is 5.43 Å². The summed E-state index contributed by atoms with van der Waals surface area (Å²) in [6.45, 7) is 0. The first-order valence-electron chi connectivity index (χ1n) is 6.51. The molecule has 0 fully saturated rings. The molecule has 0 saturated carbocycles. The van der Waals surface area contributed by atoms with Gasteiger partial charge in [-0.1, -0.05) is 52.3 Å². The van der Waals surface area contributed by atoms with Gasteiger partial charge in [-0.25, -0.2) is 0 Å². The van der Waals surface area contributed by atoms with E-state index >= 15 is 0 Å². The van der Waals surface area contributed by atoms with Gasteiger partial charge >= 0.3 is 0 Å². The van der Waals surface area contributed by atoms with Gasteiger partial charge in [0.2, 0.25) is 0 Å². The van der Waals surface area contributed by atoms with Crippen molar-refractivity contribution in [3.8, 4) is 0 Å². The maximum Gasteiger partial charge on any atom is 0.108 e. The van der Waals surface area contributed by atoms with Crippen LogP contribution in [-0.2, 0) is 0 Å². The highest BCUT2D eigenvalue weighted by Crippen LogP contribution is 2.18. The van der Waals surface area contributed by atoms with E-state index in [1.165, 1.54) is 0 Å². The smallest absolute Gasteiger partial charge is 0.108 e. The van der Waals surface area contributed by atoms with Crippen LogP contribution in [0.1, 0.15) is 10.4 Å². The van der Waals surface area contributed by atoms with Gasteiger partial charge in [-0.05, 0) is 35.7 Å². The van der Waals surface area contributed by atoms with Crippen LogP contribution >= 0.6 is 27.3 Å². The lowest BCUT2D eigenvalue weighted by Gasteiger charge is -2.06. The first-order chi connectivity index (χ1) is 10.3. The second kappa shape index (κ2) is 6.70. The number of rotatable bonds is 4. The third-order valence-corrected chi connectivity index (χ3v) is 4.35. The molecule has 0 aliphatic rings. The largest absolute Gasteiger partial charge is 0.278 e. The van der Waals surface area contributed by atoms with Gasteiger partial charge in [-0.15, -0.1) is 11.3 Å². The molecule has 0 unspecified atom stereocenters. The normalized spacial score (nSPS) is 11.4. The summed E-state index contributed by atoms with van der Waals surface area (Å²) in [6, 6.07) is 22.3. The zero-order valence-electron chi connectivity index (χ0n) is 11.2. The maximum atomic E-state index is 4.60. The average Bonchev–Trinajstić information content (AvgIpc) is 3.05. The van der Waals surface area contributed by atoms with E-state index < -0.39 is 0 Å². The number of benzene rings is 2. The molecule has 2 nitrogen and oxygen atoms in total. The first kappa shape index (κ1) is 14.0. The van der Waals surface area contributed by atoms with Gasteiger partial charge in [-0.2, -0.15) is 5.10 Å². The fraction of sp³-hybridized carbons (Fsp3) is 0. The van der Waals surface area contributed by atoms with E-state index in [2.05, 4.69) is 50.0 Å². The molecule has 2 aromatic carbocycles. The Balaban J connectivity index is 1.92. The molecule has 3 aromatic rings. The third kappa shape index (κ3) is 3.60. The third-order valence-electron chi connectivity index (χ3n) is 2.94. The van der Waals surface area contributed by atoms with Crippen molar-refractivity contribution in [2.24, 2.45) is 5.10 Å². The van der Waals surface area contributed by atoms with Gasteiger partial charge in [0.1, 0.15) is 5.71 Å². The Morgan fingerprint density at radius 3 is 2.33 bits per heavy atom. The van der Waals surface area contributed by atoms with Crippen LogP contribution in [0.4, 0.5) is 5.69 Å². The summed E-state index contributed by atoms with van der Waals surface area (Å²) in [5.74, 6) is 0. The lowest BCUT2D eigenvalue weighted by Crippen LogP contribution is -2.04. The van der Waals surface area contributed by atoms with Crippen molar-refractivity contribution in [3.05, 3.63) is 87.0 Å². The standard InChI is InChI=1S/C17H13BrN2S/c18-14-8-10-15(11-9-14)19-20-17(16-7-4-12-21-16)13-5-2-1-3-6-13/h1-12,19H/b20-17+. The summed E-state index contributed by atoms with van der Waals surface area (Å²) in [4.78, 5) is 1.14. The molecule has 0 radical (unpaired) electrons. The highest BCUT2D eigenvalue weighted by Gasteiger charge is 2.07. The van der Waals surface area contributed by atoms with Gasteiger partial charge in [0.15, 0.2) is 0 Å². The number of thiophene rings is 1. The van der Waals surface area contributed by atoms with Gasteiger partial charge < -0.3 is 0 Å². The topological polar surface area (TPSA) is 24.4 Å². The molecule has 0 aliphatic carbocycles. The molecular weight excluding hydrogens is 344 g/mol. The minimum atomic E-state index is 0.952. The van der Waals surface area contributed by atoms with E-state index in [9.17, 15) is 0 Å². The minimum absolute atomic E-state index is 0.952.